The Morgan fingerprint density at radius 3 is 2.00 bits per heavy atom. The Morgan fingerprint density at radius 2 is 1.57 bits per heavy atom. The van der Waals surface area contributed by atoms with Crippen molar-refractivity contribution < 1.29 is 9.47 Å². The van der Waals surface area contributed by atoms with Crippen LogP contribution in [0.4, 0.5) is 0 Å². The summed E-state index contributed by atoms with van der Waals surface area (Å²) in [5.74, 6) is 0.909. The maximum Gasteiger partial charge on any atom is 0.119 e. The molecular formula is C12H18O2. The van der Waals surface area contributed by atoms with Gasteiger partial charge in [-0.2, -0.15) is 0 Å². The summed E-state index contributed by atoms with van der Waals surface area (Å²) in [6, 6.07) is 8.02. The largest absolute Gasteiger partial charge is 0.491 e. The maximum atomic E-state index is 5.54. The molecule has 0 heterocycles. The summed E-state index contributed by atoms with van der Waals surface area (Å²) in [6.45, 7) is 6.07. The molecule has 1 atom stereocenters. The molecule has 0 N–H and O–H groups in total. The molecule has 78 valence electrons. The van der Waals surface area contributed by atoms with Crippen LogP contribution < -0.4 is 4.74 Å². The third kappa shape index (κ3) is 3.04. The van der Waals surface area contributed by atoms with Crippen molar-refractivity contribution in [2.24, 2.45) is 0 Å². The van der Waals surface area contributed by atoms with Crippen LogP contribution >= 0.6 is 0 Å². The first-order valence-electron chi connectivity index (χ1n) is 4.93. The van der Waals surface area contributed by atoms with E-state index in [9.17, 15) is 0 Å². The van der Waals surface area contributed by atoms with E-state index in [1.165, 1.54) is 5.56 Å². The van der Waals surface area contributed by atoms with E-state index < -0.39 is 0 Å². The van der Waals surface area contributed by atoms with Gasteiger partial charge in [-0.1, -0.05) is 12.1 Å². The number of hydrogen-bond donors (Lipinski definition) is 0. The van der Waals surface area contributed by atoms with Crippen LogP contribution in [0.25, 0.3) is 0 Å². The van der Waals surface area contributed by atoms with Gasteiger partial charge in [0.25, 0.3) is 0 Å². The van der Waals surface area contributed by atoms with Gasteiger partial charge >= 0.3 is 0 Å². The summed E-state index contributed by atoms with van der Waals surface area (Å²) in [7, 11) is 1.71. The summed E-state index contributed by atoms with van der Waals surface area (Å²) < 4.78 is 10.8. The highest BCUT2D eigenvalue weighted by Crippen LogP contribution is 2.20. The van der Waals surface area contributed by atoms with Gasteiger partial charge in [0, 0.05) is 7.11 Å². The quantitative estimate of drug-likeness (QED) is 0.733. The molecule has 0 aliphatic rings. The van der Waals surface area contributed by atoms with Crippen molar-refractivity contribution in [3.63, 3.8) is 0 Å². The van der Waals surface area contributed by atoms with E-state index in [0.717, 1.165) is 5.75 Å². The Hall–Kier alpha value is -1.02. The lowest BCUT2D eigenvalue weighted by Crippen LogP contribution is -2.05. The Balaban J connectivity index is 2.68. The fraction of sp³-hybridized carbons (Fsp3) is 0.500. The average molecular weight is 194 g/mol. The molecule has 0 aliphatic carbocycles. The molecular weight excluding hydrogens is 176 g/mol. The topological polar surface area (TPSA) is 18.5 Å². The van der Waals surface area contributed by atoms with E-state index in [-0.39, 0.29) is 12.2 Å². The van der Waals surface area contributed by atoms with Crippen LogP contribution in [0.3, 0.4) is 0 Å². The zero-order chi connectivity index (χ0) is 10.6. The van der Waals surface area contributed by atoms with Crippen LogP contribution in [0.5, 0.6) is 5.75 Å². The van der Waals surface area contributed by atoms with Crippen molar-refractivity contribution in [3.8, 4) is 5.75 Å². The van der Waals surface area contributed by atoms with Crippen LogP contribution in [0.1, 0.15) is 32.4 Å². The summed E-state index contributed by atoms with van der Waals surface area (Å²) in [5.41, 5.74) is 1.17. The standard InChI is InChI=1S/C12H18O2/c1-9(2)14-12-7-5-11(6-8-12)10(3)13-4/h5-10H,1-4H3. The van der Waals surface area contributed by atoms with Crippen molar-refractivity contribution in [1.29, 1.82) is 0 Å². The van der Waals surface area contributed by atoms with Gasteiger partial charge in [-0.05, 0) is 38.5 Å². The molecule has 0 amide bonds. The average Bonchev–Trinajstić information content (AvgIpc) is 2.17. The van der Waals surface area contributed by atoms with E-state index in [1.54, 1.807) is 7.11 Å². The predicted octanol–water partition coefficient (Wildman–Crippen LogP) is 3.18. The first kappa shape index (κ1) is 11.1. The van der Waals surface area contributed by atoms with Crippen molar-refractivity contribution in [1.82, 2.24) is 0 Å². The van der Waals surface area contributed by atoms with E-state index >= 15 is 0 Å². The van der Waals surface area contributed by atoms with Crippen molar-refractivity contribution in [2.75, 3.05) is 7.11 Å². The highest BCUT2D eigenvalue weighted by Gasteiger charge is 2.03. The number of ether oxygens (including phenoxy) is 2. The third-order valence-electron chi connectivity index (χ3n) is 2.07. The van der Waals surface area contributed by atoms with Crippen molar-refractivity contribution >= 4 is 0 Å². The molecule has 0 aromatic heterocycles. The van der Waals surface area contributed by atoms with Gasteiger partial charge in [0.15, 0.2) is 0 Å². The number of hydrogen-bond acceptors (Lipinski definition) is 2. The Labute approximate surface area is 85.8 Å². The van der Waals surface area contributed by atoms with Crippen molar-refractivity contribution in [3.05, 3.63) is 29.8 Å². The number of rotatable bonds is 4. The minimum atomic E-state index is 0.142. The second-order valence-electron chi connectivity index (χ2n) is 3.61. The lowest BCUT2D eigenvalue weighted by molar-refractivity contribution is 0.119. The van der Waals surface area contributed by atoms with Crippen LogP contribution in [-0.4, -0.2) is 13.2 Å². The molecule has 14 heavy (non-hydrogen) atoms. The maximum absolute atomic E-state index is 5.54. The highest BCUT2D eigenvalue weighted by molar-refractivity contribution is 5.28. The third-order valence-corrected chi connectivity index (χ3v) is 2.07. The van der Waals surface area contributed by atoms with Gasteiger partial charge in [-0.15, -0.1) is 0 Å². The van der Waals surface area contributed by atoms with Gasteiger partial charge in [-0.25, -0.2) is 0 Å². The molecule has 0 saturated heterocycles. The van der Waals surface area contributed by atoms with Gasteiger partial charge in [-0.3, -0.25) is 0 Å². The predicted molar refractivity (Wildman–Crippen MR) is 57.6 cm³/mol. The number of benzene rings is 1. The first-order valence-corrected chi connectivity index (χ1v) is 4.93. The molecule has 0 aliphatic heterocycles. The Kier molecular flexibility index (Phi) is 3.96. The van der Waals surface area contributed by atoms with E-state index in [4.69, 9.17) is 9.47 Å². The molecule has 1 unspecified atom stereocenters. The number of methoxy groups -OCH3 is 1. The highest BCUT2D eigenvalue weighted by atomic mass is 16.5. The lowest BCUT2D eigenvalue weighted by atomic mass is 10.1. The van der Waals surface area contributed by atoms with E-state index in [2.05, 4.69) is 0 Å². The van der Waals surface area contributed by atoms with Crippen LogP contribution in [0, 0.1) is 0 Å². The normalized spacial score (nSPS) is 12.9. The summed E-state index contributed by atoms with van der Waals surface area (Å²) >= 11 is 0. The van der Waals surface area contributed by atoms with Gasteiger partial charge in [0.05, 0.1) is 12.2 Å². The Morgan fingerprint density at radius 1 is 1.00 bits per heavy atom. The second kappa shape index (κ2) is 5.01. The molecule has 1 rings (SSSR count). The molecule has 2 nitrogen and oxygen atoms in total. The molecule has 0 saturated carbocycles. The summed E-state index contributed by atoms with van der Waals surface area (Å²) in [4.78, 5) is 0. The molecule has 1 aromatic rings. The van der Waals surface area contributed by atoms with Crippen LogP contribution in [0.15, 0.2) is 24.3 Å². The lowest BCUT2D eigenvalue weighted by Gasteiger charge is -2.12. The molecule has 0 fully saturated rings. The fourth-order valence-electron chi connectivity index (χ4n) is 1.23. The first-order chi connectivity index (χ1) is 6.63. The second-order valence-corrected chi connectivity index (χ2v) is 3.61. The molecule has 1 aromatic carbocycles. The zero-order valence-corrected chi connectivity index (χ0v) is 9.28. The van der Waals surface area contributed by atoms with Crippen LogP contribution in [-0.2, 0) is 4.74 Å². The molecule has 0 spiro atoms. The van der Waals surface area contributed by atoms with Crippen molar-refractivity contribution in [2.45, 2.75) is 33.0 Å². The smallest absolute Gasteiger partial charge is 0.119 e. The van der Waals surface area contributed by atoms with E-state index in [0.29, 0.717) is 0 Å². The zero-order valence-electron chi connectivity index (χ0n) is 9.28. The molecule has 2 heteroatoms. The minimum Gasteiger partial charge on any atom is -0.491 e. The summed E-state index contributed by atoms with van der Waals surface area (Å²) in [6.07, 6.45) is 0.365. The monoisotopic (exact) mass is 194 g/mol. The summed E-state index contributed by atoms with van der Waals surface area (Å²) in [5, 5.41) is 0. The molecule has 0 radical (unpaired) electrons. The van der Waals surface area contributed by atoms with Gasteiger partial charge < -0.3 is 9.47 Å². The van der Waals surface area contributed by atoms with E-state index in [1.807, 2.05) is 45.0 Å². The SMILES string of the molecule is COC(C)c1ccc(OC(C)C)cc1. The fourth-order valence-corrected chi connectivity index (χ4v) is 1.23. The van der Waals surface area contributed by atoms with Crippen LogP contribution in [0.2, 0.25) is 0 Å². The Bertz CT molecular complexity index is 264. The van der Waals surface area contributed by atoms with Gasteiger partial charge in [0.2, 0.25) is 0 Å². The van der Waals surface area contributed by atoms with Gasteiger partial charge in [0.1, 0.15) is 5.75 Å². The molecule has 0 bridgehead atoms. The minimum absolute atomic E-state index is 0.142.